The van der Waals surface area contributed by atoms with Gasteiger partial charge in [-0.15, -0.1) is 0 Å². The summed E-state index contributed by atoms with van der Waals surface area (Å²) < 4.78 is 12.2. The van der Waals surface area contributed by atoms with Crippen molar-refractivity contribution in [3.63, 3.8) is 0 Å². The summed E-state index contributed by atoms with van der Waals surface area (Å²) in [6.45, 7) is 1.90. The van der Waals surface area contributed by atoms with Crippen LogP contribution in [0.2, 0.25) is 0 Å². The SMILES string of the molecule is COc1cc(-c2ccc3c(O)n(-c4cn[nH]c4)c(C)c3n2)cnc1OC. The number of H-pyrrole nitrogens is 1. The molecule has 2 N–H and O–H groups in total. The zero-order chi connectivity index (χ0) is 18.3. The molecule has 0 saturated carbocycles. The lowest BCUT2D eigenvalue weighted by atomic mass is 10.1. The van der Waals surface area contributed by atoms with Crippen LogP contribution in [-0.4, -0.2) is 44.1 Å². The first kappa shape index (κ1) is 15.9. The summed E-state index contributed by atoms with van der Waals surface area (Å²) in [6, 6.07) is 5.50. The Labute approximate surface area is 149 Å². The number of hydrogen-bond acceptors (Lipinski definition) is 6. The van der Waals surface area contributed by atoms with Crippen molar-refractivity contribution in [2.45, 2.75) is 6.92 Å². The van der Waals surface area contributed by atoms with Crippen LogP contribution in [0, 0.1) is 6.92 Å². The zero-order valence-corrected chi connectivity index (χ0v) is 14.5. The maximum atomic E-state index is 10.6. The lowest BCUT2D eigenvalue weighted by Gasteiger charge is -2.08. The van der Waals surface area contributed by atoms with E-state index in [1.807, 2.05) is 25.1 Å². The summed E-state index contributed by atoms with van der Waals surface area (Å²) in [5.74, 6) is 1.07. The molecule has 8 nitrogen and oxygen atoms in total. The van der Waals surface area contributed by atoms with Crippen LogP contribution in [0.25, 0.3) is 27.8 Å². The van der Waals surface area contributed by atoms with Crippen LogP contribution >= 0.6 is 0 Å². The van der Waals surface area contributed by atoms with E-state index >= 15 is 0 Å². The van der Waals surface area contributed by atoms with E-state index in [-0.39, 0.29) is 5.88 Å². The molecule has 0 unspecified atom stereocenters. The molecular formula is C18H17N5O3. The van der Waals surface area contributed by atoms with Crippen molar-refractivity contribution < 1.29 is 14.6 Å². The Morgan fingerprint density at radius 1 is 1.15 bits per heavy atom. The molecule has 0 atom stereocenters. The van der Waals surface area contributed by atoms with E-state index < -0.39 is 0 Å². The van der Waals surface area contributed by atoms with E-state index in [1.165, 1.54) is 0 Å². The monoisotopic (exact) mass is 351 g/mol. The number of hydrogen-bond donors (Lipinski definition) is 2. The average molecular weight is 351 g/mol. The predicted octanol–water partition coefficient (Wildman–Crippen LogP) is 2.84. The van der Waals surface area contributed by atoms with E-state index in [4.69, 9.17) is 14.5 Å². The van der Waals surface area contributed by atoms with Crippen LogP contribution in [0.4, 0.5) is 0 Å². The molecule has 0 bridgehead atoms. The molecule has 0 fully saturated rings. The van der Waals surface area contributed by atoms with Gasteiger partial charge in [0.2, 0.25) is 5.88 Å². The van der Waals surface area contributed by atoms with Crippen molar-refractivity contribution in [3.05, 3.63) is 42.5 Å². The fraction of sp³-hybridized carbons (Fsp3) is 0.167. The summed E-state index contributed by atoms with van der Waals surface area (Å²) in [6.07, 6.45) is 5.04. The summed E-state index contributed by atoms with van der Waals surface area (Å²) >= 11 is 0. The second-order valence-corrected chi connectivity index (χ2v) is 5.73. The average Bonchev–Trinajstić information content (AvgIpc) is 3.28. The van der Waals surface area contributed by atoms with E-state index in [0.717, 1.165) is 22.6 Å². The summed E-state index contributed by atoms with van der Waals surface area (Å²) in [5, 5.41) is 17.9. The first-order valence-corrected chi connectivity index (χ1v) is 7.92. The highest BCUT2D eigenvalue weighted by atomic mass is 16.5. The van der Waals surface area contributed by atoms with Gasteiger partial charge in [-0.05, 0) is 25.1 Å². The van der Waals surface area contributed by atoms with Gasteiger partial charge in [-0.2, -0.15) is 5.10 Å². The van der Waals surface area contributed by atoms with Crippen LogP contribution in [0.5, 0.6) is 17.5 Å². The maximum Gasteiger partial charge on any atom is 0.256 e. The second kappa shape index (κ2) is 6.07. The molecule has 26 heavy (non-hydrogen) atoms. The van der Waals surface area contributed by atoms with Crippen LogP contribution in [0.3, 0.4) is 0 Å². The van der Waals surface area contributed by atoms with Gasteiger partial charge in [-0.25, -0.2) is 9.97 Å². The smallest absolute Gasteiger partial charge is 0.256 e. The number of aryl methyl sites for hydroxylation is 1. The third kappa shape index (κ3) is 2.34. The highest BCUT2D eigenvalue weighted by molar-refractivity contribution is 5.90. The van der Waals surface area contributed by atoms with E-state index in [2.05, 4.69) is 15.2 Å². The zero-order valence-electron chi connectivity index (χ0n) is 14.5. The molecule has 0 aliphatic heterocycles. The minimum absolute atomic E-state index is 0.128. The molecule has 4 heterocycles. The summed E-state index contributed by atoms with van der Waals surface area (Å²) in [7, 11) is 3.10. The van der Waals surface area contributed by atoms with E-state index in [9.17, 15) is 5.11 Å². The second-order valence-electron chi connectivity index (χ2n) is 5.73. The quantitative estimate of drug-likeness (QED) is 0.587. The minimum atomic E-state index is 0.128. The number of aromatic amines is 1. The number of pyridine rings is 2. The van der Waals surface area contributed by atoms with Crippen molar-refractivity contribution in [3.8, 4) is 34.5 Å². The Morgan fingerprint density at radius 2 is 2.00 bits per heavy atom. The fourth-order valence-corrected chi connectivity index (χ4v) is 3.02. The largest absolute Gasteiger partial charge is 0.494 e. The lowest BCUT2D eigenvalue weighted by Crippen LogP contribution is -1.95. The number of nitrogens with zero attached hydrogens (tertiary/aromatic N) is 4. The molecule has 0 radical (unpaired) electrons. The number of aromatic nitrogens is 5. The maximum absolute atomic E-state index is 10.6. The first-order valence-electron chi connectivity index (χ1n) is 7.92. The molecule has 0 aromatic carbocycles. The van der Waals surface area contributed by atoms with Crippen molar-refractivity contribution in [1.29, 1.82) is 0 Å². The van der Waals surface area contributed by atoms with Crippen molar-refractivity contribution in [2.24, 2.45) is 0 Å². The Kier molecular flexibility index (Phi) is 3.72. The molecule has 4 aromatic heterocycles. The first-order chi connectivity index (χ1) is 12.6. The van der Waals surface area contributed by atoms with E-state index in [0.29, 0.717) is 22.5 Å². The molecule has 4 aromatic rings. The molecule has 4 rings (SSSR count). The highest BCUT2D eigenvalue weighted by Gasteiger charge is 2.18. The Morgan fingerprint density at radius 3 is 2.69 bits per heavy atom. The van der Waals surface area contributed by atoms with Gasteiger partial charge in [0.1, 0.15) is 0 Å². The molecule has 0 spiro atoms. The van der Waals surface area contributed by atoms with Gasteiger partial charge in [0, 0.05) is 23.7 Å². The highest BCUT2D eigenvalue weighted by Crippen LogP contribution is 2.35. The van der Waals surface area contributed by atoms with Gasteiger partial charge in [-0.1, -0.05) is 0 Å². The molecule has 0 aliphatic rings. The number of fused-ring (bicyclic) bond motifs is 1. The third-order valence-electron chi connectivity index (χ3n) is 4.30. The molecule has 132 valence electrons. The summed E-state index contributed by atoms with van der Waals surface area (Å²) in [5.41, 5.74) is 3.77. The predicted molar refractivity (Wildman–Crippen MR) is 96.0 cm³/mol. The Hall–Kier alpha value is -3.55. The molecule has 0 aliphatic carbocycles. The number of nitrogens with one attached hydrogen (secondary N) is 1. The van der Waals surface area contributed by atoms with Crippen LogP contribution in [-0.2, 0) is 0 Å². The fourth-order valence-electron chi connectivity index (χ4n) is 3.02. The van der Waals surface area contributed by atoms with E-state index in [1.54, 1.807) is 37.4 Å². The van der Waals surface area contributed by atoms with Gasteiger partial charge in [0.25, 0.3) is 5.88 Å². The number of rotatable bonds is 4. The minimum Gasteiger partial charge on any atom is -0.494 e. The lowest BCUT2D eigenvalue weighted by molar-refractivity contribution is 0.343. The number of aromatic hydroxyl groups is 1. The van der Waals surface area contributed by atoms with Crippen LogP contribution < -0.4 is 9.47 Å². The van der Waals surface area contributed by atoms with Gasteiger partial charge in [0.05, 0.1) is 42.7 Å². The molecular weight excluding hydrogens is 334 g/mol. The molecule has 0 saturated heterocycles. The van der Waals surface area contributed by atoms with Gasteiger partial charge >= 0.3 is 0 Å². The number of ether oxygens (including phenoxy) is 2. The Bertz CT molecular complexity index is 1090. The summed E-state index contributed by atoms with van der Waals surface area (Å²) in [4.78, 5) is 8.98. The Balaban J connectivity index is 1.88. The third-order valence-corrected chi connectivity index (χ3v) is 4.30. The standard InChI is InChI=1S/C18H17N5O3/c1-10-16-13(18(24)23(10)12-8-20-21-9-12)4-5-14(22-16)11-6-15(25-2)17(26-3)19-7-11/h4-9,24H,1-3H3,(H,20,21). The van der Waals surface area contributed by atoms with Crippen LogP contribution in [0.15, 0.2) is 36.8 Å². The molecule has 8 heteroatoms. The van der Waals surface area contributed by atoms with Gasteiger partial charge in [-0.3, -0.25) is 9.67 Å². The van der Waals surface area contributed by atoms with Crippen molar-refractivity contribution in [2.75, 3.05) is 14.2 Å². The van der Waals surface area contributed by atoms with Gasteiger partial charge in [0.15, 0.2) is 5.75 Å². The molecule has 0 amide bonds. The van der Waals surface area contributed by atoms with Crippen molar-refractivity contribution >= 4 is 10.9 Å². The number of methoxy groups -OCH3 is 2. The normalized spacial score (nSPS) is 11.0. The topological polar surface area (TPSA) is 98.1 Å². The van der Waals surface area contributed by atoms with Crippen molar-refractivity contribution in [1.82, 2.24) is 24.7 Å². The van der Waals surface area contributed by atoms with Gasteiger partial charge < -0.3 is 14.6 Å². The van der Waals surface area contributed by atoms with Crippen LogP contribution in [0.1, 0.15) is 5.69 Å².